The lowest BCUT2D eigenvalue weighted by molar-refractivity contribution is 0.0876. The Bertz CT molecular complexity index is 253. The number of nitrogens with zero attached hydrogens (tertiary/aromatic N) is 1. The van der Waals surface area contributed by atoms with Gasteiger partial charge in [0.1, 0.15) is 11.8 Å². The second kappa shape index (κ2) is 3.25. The molecule has 0 aliphatic carbocycles. The largest absolute Gasteiger partial charge is 0.390 e. The fourth-order valence-corrected chi connectivity index (χ4v) is 1.36. The van der Waals surface area contributed by atoms with E-state index in [-0.39, 0.29) is 12.7 Å². The highest BCUT2D eigenvalue weighted by Gasteiger charge is 2.21. The molecule has 0 radical (unpaired) electrons. The maximum atomic E-state index is 8.73. The Morgan fingerprint density at radius 1 is 1.67 bits per heavy atom. The molecule has 1 N–H and O–H groups in total. The van der Waals surface area contributed by atoms with E-state index in [9.17, 15) is 0 Å². The number of aromatic nitrogens is 1. The van der Waals surface area contributed by atoms with E-state index >= 15 is 0 Å². The smallest absolute Gasteiger partial charge is 0.165 e. The van der Waals surface area contributed by atoms with Crippen LogP contribution in [-0.2, 0) is 11.3 Å². The molecule has 4 nitrogen and oxygen atoms in total. The van der Waals surface area contributed by atoms with Gasteiger partial charge in [0.05, 0.1) is 6.61 Å². The van der Waals surface area contributed by atoms with Crippen LogP contribution in [0.5, 0.6) is 0 Å². The molecule has 0 amide bonds. The highest BCUT2D eigenvalue weighted by molar-refractivity contribution is 5.07. The monoisotopic (exact) mass is 169 g/mol. The Morgan fingerprint density at radius 3 is 3.17 bits per heavy atom. The van der Waals surface area contributed by atoms with E-state index < -0.39 is 0 Å². The van der Waals surface area contributed by atoms with Crippen molar-refractivity contribution in [3.8, 4) is 0 Å². The molecule has 1 aromatic rings. The molecule has 0 spiro atoms. The van der Waals surface area contributed by atoms with Crippen molar-refractivity contribution >= 4 is 0 Å². The van der Waals surface area contributed by atoms with Crippen LogP contribution in [0.4, 0.5) is 0 Å². The fraction of sp³-hybridized carbons (Fsp3) is 0.625. The first-order valence-corrected chi connectivity index (χ1v) is 4.08. The van der Waals surface area contributed by atoms with Crippen molar-refractivity contribution in [1.29, 1.82) is 0 Å². The molecule has 0 aromatic carbocycles. The summed E-state index contributed by atoms with van der Waals surface area (Å²) >= 11 is 0. The van der Waals surface area contributed by atoms with Crippen molar-refractivity contribution in [2.24, 2.45) is 0 Å². The van der Waals surface area contributed by atoms with E-state index in [0.717, 1.165) is 25.2 Å². The predicted molar refractivity (Wildman–Crippen MR) is 40.4 cm³/mol. The zero-order valence-corrected chi connectivity index (χ0v) is 6.69. The quantitative estimate of drug-likeness (QED) is 0.718. The Hall–Kier alpha value is -0.870. The number of hydrogen-bond donors (Lipinski definition) is 1. The SMILES string of the molecule is OCc1cc(C2CCCO2)on1. The lowest BCUT2D eigenvalue weighted by Gasteiger charge is -2.01. The zero-order chi connectivity index (χ0) is 8.39. The summed E-state index contributed by atoms with van der Waals surface area (Å²) in [6.07, 6.45) is 2.11. The molecule has 1 saturated heterocycles. The first-order chi connectivity index (χ1) is 5.90. The maximum absolute atomic E-state index is 8.73. The van der Waals surface area contributed by atoms with Crippen LogP contribution in [0.25, 0.3) is 0 Å². The topological polar surface area (TPSA) is 55.5 Å². The summed E-state index contributed by atoms with van der Waals surface area (Å²) in [5.41, 5.74) is 0.570. The number of aliphatic hydroxyl groups excluding tert-OH is 1. The van der Waals surface area contributed by atoms with E-state index in [2.05, 4.69) is 5.16 Å². The summed E-state index contributed by atoms with van der Waals surface area (Å²) in [5, 5.41) is 12.4. The molecule has 1 atom stereocenters. The summed E-state index contributed by atoms with van der Waals surface area (Å²) in [4.78, 5) is 0. The molecule has 66 valence electrons. The van der Waals surface area contributed by atoms with Gasteiger partial charge in [0, 0.05) is 12.7 Å². The molecule has 1 fully saturated rings. The van der Waals surface area contributed by atoms with E-state index in [1.165, 1.54) is 0 Å². The van der Waals surface area contributed by atoms with Crippen LogP contribution in [0.3, 0.4) is 0 Å². The van der Waals surface area contributed by atoms with Gasteiger partial charge in [-0.3, -0.25) is 0 Å². The standard InChI is InChI=1S/C8H11NO3/c10-5-6-4-8(12-9-6)7-2-1-3-11-7/h4,7,10H,1-3,5H2. The minimum absolute atomic E-state index is 0.0535. The molecule has 1 unspecified atom stereocenters. The molecule has 0 saturated carbocycles. The molecule has 1 aliphatic heterocycles. The molecule has 12 heavy (non-hydrogen) atoms. The molecular weight excluding hydrogens is 158 g/mol. The number of ether oxygens (including phenoxy) is 1. The van der Waals surface area contributed by atoms with Gasteiger partial charge in [0.2, 0.25) is 0 Å². The van der Waals surface area contributed by atoms with Crippen LogP contribution in [0, 0.1) is 0 Å². The van der Waals surface area contributed by atoms with E-state index in [1.54, 1.807) is 6.07 Å². The summed E-state index contributed by atoms with van der Waals surface area (Å²) in [6.45, 7) is 0.718. The minimum Gasteiger partial charge on any atom is -0.390 e. The average molecular weight is 169 g/mol. The normalized spacial score (nSPS) is 23.2. The Balaban J connectivity index is 2.11. The fourth-order valence-electron chi connectivity index (χ4n) is 1.36. The van der Waals surface area contributed by atoms with Gasteiger partial charge in [-0.05, 0) is 12.8 Å². The van der Waals surface area contributed by atoms with Gasteiger partial charge >= 0.3 is 0 Å². The van der Waals surface area contributed by atoms with Crippen LogP contribution in [0.1, 0.15) is 30.4 Å². The summed E-state index contributed by atoms with van der Waals surface area (Å²) in [5.74, 6) is 0.733. The van der Waals surface area contributed by atoms with E-state index in [4.69, 9.17) is 14.4 Å². The average Bonchev–Trinajstić information content (AvgIpc) is 2.75. The lowest BCUT2D eigenvalue weighted by atomic mass is 10.2. The van der Waals surface area contributed by atoms with Gasteiger partial charge in [-0.15, -0.1) is 0 Å². The zero-order valence-electron chi connectivity index (χ0n) is 6.69. The maximum Gasteiger partial charge on any atom is 0.165 e. The first-order valence-electron chi connectivity index (χ1n) is 4.08. The van der Waals surface area contributed by atoms with Crippen molar-refractivity contribution in [3.63, 3.8) is 0 Å². The van der Waals surface area contributed by atoms with Crippen molar-refractivity contribution < 1.29 is 14.4 Å². The number of rotatable bonds is 2. The minimum atomic E-state index is -0.0732. The molecule has 4 heteroatoms. The Morgan fingerprint density at radius 2 is 2.58 bits per heavy atom. The first kappa shape index (κ1) is 7.76. The number of hydrogen-bond acceptors (Lipinski definition) is 4. The molecule has 1 aromatic heterocycles. The van der Waals surface area contributed by atoms with Gasteiger partial charge in [-0.1, -0.05) is 5.16 Å². The summed E-state index contributed by atoms with van der Waals surface area (Å²) in [6, 6.07) is 1.75. The second-order valence-electron chi connectivity index (χ2n) is 2.88. The van der Waals surface area contributed by atoms with Crippen molar-refractivity contribution in [2.75, 3.05) is 6.61 Å². The van der Waals surface area contributed by atoms with E-state index in [1.807, 2.05) is 0 Å². The summed E-state index contributed by atoms with van der Waals surface area (Å²) in [7, 11) is 0. The highest BCUT2D eigenvalue weighted by Crippen LogP contribution is 2.28. The molecule has 1 aliphatic rings. The van der Waals surface area contributed by atoms with Crippen molar-refractivity contribution in [1.82, 2.24) is 5.16 Å². The molecular formula is C8H11NO3. The predicted octanol–water partition coefficient (Wildman–Crippen LogP) is 1.02. The van der Waals surface area contributed by atoms with Crippen molar-refractivity contribution in [3.05, 3.63) is 17.5 Å². The summed E-state index contributed by atoms with van der Waals surface area (Å²) < 4.78 is 10.4. The van der Waals surface area contributed by atoms with Gasteiger partial charge in [0.15, 0.2) is 5.76 Å². The number of aliphatic hydroxyl groups is 1. The van der Waals surface area contributed by atoms with Gasteiger partial charge in [0.25, 0.3) is 0 Å². The van der Waals surface area contributed by atoms with Crippen LogP contribution in [0.15, 0.2) is 10.6 Å². The third kappa shape index (κ3) is 1.35. The third-order valence-electron chi connectivity index (χ3n) is 1.99. The molecule has 0 bridgehead atoms. The Kier molecular flexibility index (Phi) is 2.10. The van der Waals surface area contributed by atoms with Crippen LogP contribution < -0.4 is 0 Å². The highest BCUT2D eigenvalue weighted by atomic mass is 16.5. The Labute approximate surface area is 70.1 Å². The van der Waals surface area contributed by atoms with Gasteiger partial charge in [-0.25, -0.2) is 0 Å². The third-order valence-corrected chi connectivity index (χ3v) is 1.99. The second-order valence-corrected chi connectivity index (χ2v) is 2.88. The van der Waals surface area contributed by atoms with E-state index in [0.29, 0.717) is 5.69 Å². The van der Waals surface area contributed by atoms with Crippen molar-refractivity contribution in [2.45, 2.75) is 25.6 Å². The molecule has 2 rings (SSSR count). The lowest BCUT2D eigenvalue weighted by Crippen LogP contribution is -1.92. The van der Waals surface area contributed by atoms with Gasteiger partial charge in [-0.2, -0.15) is 0 Å². The van der Waals surface area contributed by atoms with Gasteiger partial charge < -0.3 is 14.4 Å². The van der Waals surface area contributed by atoms with Crippen LogP contribution in [-0.4, -0.2) is 16.9 Å². The molecule has 2 heterocycles. The van der Waals surface area contributed by atoms with Crippen LogP contribution in [0.2, 0.25) is 0 Å². The van der Waals surface area contributed by atoms with Crippen LogP contribution >= 0.6 is 0 Å².